The highest BCUT2D eigenvalue weighted by atomic mass is 32.2. The van der Waals surface area contributed by atoms with Gasteiger partial charge in [0, 0.05) is 32.4 Å². The van der Waals surface area contributed by atoms with Gasteiger partial charge in [0.15, 0.2) is 0 Å². The molecule has 1 spiro atoms. The lowest BCUT2D eigenvalue weighted by Gasteiger charge is -2.39. The summed E-state index contributed by atoms with van der Waals surface area (Å²) in [6.45, 7) is 5.99. The Morgan fingerprint density at radius 3 is 2.71 bits per heavy atom. The van der Waals surface area contributed by atoms with E-state index in [2.05, 4.69) is 17.0 Å². The second kappa shape index (κ2) is 5.37. The fourth-order valence-corrected chi connectivity index (χ4v) is 5.21. The Kier molecular flexibility index (Phi) is 3.83. The van der Waals surface area contributed by atoms with Crippen molar-refractivity contribution in [2.75, 3.05) is 33.2 Å². The molecule has 0 radical (unpaired) electrons. The maximum atomic E-state index is 12.8. The predicted molar refractivity (Wildman–Crippen MR) is 80.4 cm³/mol. The Morgan fingerprint density at radius 1 is 1.29 bits per heavy atom. The van der Waals surface area contributed by atoms with Crippen LogP contribution in [0.25, 0.3) is 0 Å². The molecule has 6 nitrogen and oxygen atoms in total. The van der Waals surface area contributed by atoms with E-state index in [4.69, 9.17) is 0 Å². The molecule has 118 valence electrons. The van der Waals surface area contributed by atoms with E-state index in [0.29, 0.717) is 24.5 Å². The van der Waals surface area contributed by atoms with Crippen LogP contribution in [0, 0.1) is 5.41 Å². The molecular weight excluding hydrogens is 288 g/mol. The first-order chi connectivity index (χ1) is 9.95. The fourth-order valence-electron chi connectivity index (χ4n) is 3.66. The van der Waals surface area contributed by atoms with Gasteiger partial charge in [0.2, 0.25) is 10.0 Å². The fraction of sp³-hybridized carbons (Fsp3) is 0.786. The molecule has 1 atom stereocenters. The van der Waals surface area contributed by atoms with Gasteiger partial charge in [0.25, 0.3) is 0 Å². The van der Waals surface area contributed by atoms with Crippen LogP contribution in [-0.2, 0) is 16.6 Å². The minimum Gasteiger partial charge on any atom is -0.306 e. The van der Waals surface area contributed by atoms with Crippen LogP contribution in [0.2, 0.25) is 0 Å². The molecule has 2 saturated heterocycles. The van der Waals surface area contributed by atoms with Crippen molar-refractivity contribution in [3.8, 4) is 0 Å². The van der Waals surface area contributed by atoms with Crippen LogP contribution in [0.5, 0.6) is 0 Å². The summed E-state index contributed by atoms with van der Waals surface area (Å²) in [5.74, 6) is 0. The monoisotopic (exact) mass is 312 g/mol. The van der Waals surface area contributed by atoms with Crippen LogP contribution < -0.4 is 0 Å². The molecule has 0 aliphatic carbocycles. The predicted octanol–water partition coefficient (Wildman–Crippen LogP) is 1.01. The lowest BCUT2D eigenvalue weighted by Crippen LogP contribution is -2.47. The first-order valence-corrected chi connectivity index (χ1v) is 9.10. The normalized spacial score (nSPS) is 28.5. The van der Waals surface area contributed by atoms with Gasteiger partial charge in [-0.1, -0.05) is 0 Å². The minimum atomic E-state index is -3.40. The third-order valence-electron chi connectivity index (χ3n) is 4.83. The van der Waals surface area contributed by atoms with E-state index in [0.717, 1.165) is 32.4 Å². The van der Waals surface area contributed by atoms with Crippen molar-refractivity contribution < 1.29 is 8.42 Å². The van der Waals surface area contributed by atoms with Crippen LogP contribution >= 0.6 is 0 Å². The molecule has 2 aliphatic heterocycles. The zero-order valence-corrected chi connectivity index (χ0v) is 13.6. The first kappa shape index (κ1) is 15.0. The van der Waals surface area contributed by atoms with Gasteiger partial charge in [0.1, 0.15) is 4.90 Å². The Hall–Kier alpha value is -0.920. The number of rotatable bonds is 3. The molecule has 1 aromatic rings. The van der Waals surface area contributed by atoms with Crippen LogP contribution in [0.4, 0.5) is 0 Å². The van der Waals surface area contributed by atoms with Gasteiger partial charge in [-0.25, -0.2) is 8.42 Å². The summed E-state index contributed by atoms with van der Waals surface area (Å²) in [7, 11) is -1.28. The quantitative estimate of drug-likeness (QED) is 0.836. The standard InChI is InChI=1S/C14H24N4O2S/c1-3-17-10-13(9-15-17)21(19,20)18-7-4-5-14(12-18)6-8-16(2)11-14/h9-10H,3-8,11-12H2,1-2H3/t14-/m0/s1. The molecule has 7 heteroatoms. The van der Waals surface area contributed by atoms with Crippen molar-refractivity contribution in [3.63, 3.8) is 0 Å². The summed E-state index contributed by atoms with van der Waals surface area (Å²) in [5, 5.41) is 4.10. The average Bonchev–Trinajstić information content (AvgIpc) is 3.07. The van der Waals surface area contributed by atoms with Crippen LogP contribution in [-0.4, -0.2) is 60.6 Å². The summed E-state index contributed by atoms with van der Waals surface area (Å²) in [6, 6.07) is 0. The molecule has 0 aromatic carbocycles. The van der Waals surface area contributed by atoms with Crippen molar-refractivity contribution in [2.24, 2.45) is 5.41 Å². The largest absolute Gasteiger partial charge is 0.306 e. The van der Waals surface area contributed by atoms with Gasteiger partial charge in [-0.3, -0.25) is 4.68 Å². The molecule has 0 N–H and O–H groups in total. The summed E-state index contributed by atoms with van der Waals surface area (Å²) >= 11 is 0. The number of sulfonamides is 1. The zero-order chi connectivity index (χ0) is 15.1. The topological polar surface area (TPSA) is 58.4 Å². The first-order valence-electron chi connectivity index (χ1n) is 7.66. The van der Waals surface area contributed by atoms with E-state index in [1.807, 2.05) is 6.92 Å². The molecule has 0 amide bonds. The van der Waals surface area contributed by atoms with Crippen molar-refractivity contribution in [1.29, 1.82) is 0 Å². The van der Waals surface area contributed by atoms with Gasteiger partial charge in [-0.15, -0.1) is 0 Å². The maximum absolute atomic E-state index is 12.8. The smallest absolute Gasteiger partial charge is 0.246 e. The lowest BCUT2D eigenvalue weighted by molar-refractivity contribution is 0.153. The third kappa shape index (κ3) is 2.74. The van der Waals surface area contributed by atoms with E-state index in [9.17, 15) is 8.42 Å². The number of hydrogen-bond donors (Lipinski definition) is 0. The van der Waals surface area contributed by atoms with E-state index >= 15 is 0 Å². The number of likely N-dealkylation sites (tertiary alicyclic amines) is 1. The summed E-state index contributed by atoms with van der Waals surface area (Å²) in [4.78, 5) is 2.64. The molecule has 0 saturated carbocycles. The highest BCUT2D eigenvalue weighted by molar-refractivity contribution is 7.89. The number of aromatic nitrogens is 2. The molecule has 21 heavy (non-hydrogen) atoms. The Labute approximate surface area is 126 Å². The van der Waals surface area contributed by atoms with Gasteiger partial charge >= 0.3 is 0 Å². The van der Waals surface area contributed by atoms with Crippen molar-refractivity contribution in [1.82, 2.24) is 19.0 Å². The zero-order valence-electron chi connectivity index (χ0n) is 12.8. The molecule has 2 aliphatic rings. The van der Waals surface area contributed by atoms with Gasteiger partial charge in [-0.2, -0.15) is 9.40 Å². The van der Waals surface area contributed by atoms with Crippen molar-refractivity contribution in [3.05, 3.63) is 12.4 Å². The van der Waals surface area contributed by atoms with Gasteiger partial charge in [0.05, 0.1) is 6.20 Å². The molecule has 0 unspecified atom stereocenters. The number of piperidine rings is 1. The lowest BCUT2D eigenvalue weighted by atomic mass is 9.80. The molecule has 0 bridgehead atoms. The van der Waals surface area contributed by atoms with E-state index in [1.165, 1.54) is 6.20 Å². The Bertz CT molecular complexity index is 608. The molecular formula is C14H24N4O2S. The SMILES string of the molecule is CCn1cc(S(=O)(=O)N2CCC[C@@]3(CCN(C)C3)C2)cn1. The van der Waals surface area contributed by atoms with Crippen LogP contribution in [0.15, 0.2) is 17.3 Å². The Morgan fingerprint density at radius 2 is 2.10 bits per heavy atom. The number of hydrogen-bond acceptors (Lipinski definition) is 4. The number of nitrogens with zero attached hydrogens (tertiary/aromatic N) is 4. The second-order valence-electron chi connectivity index (χ2n) is 6.46. The summed E-state index contributed by atoms with van der Waals surface area (Å²) < 4.78 is 28.9. The second-order valence-corrected chi connectivity index (χ2v) is 8.40. The maximum Gasteiger partial charge on any atom is 0.246 e. The van der Waals surface area contributed by atoms with Crippen LogP contribution in [0.3, 0.4) is 0 Å². The average molecular weight is 312 g/mol. The van der Waals surface area contributed by atoms with Gasteiger partial charge < -0.3 is 4.90 Å². The van der Waals surface area contributed by atoms with Crippen molar-refractivity contribution in [2.45, 2.75) is 37.6 Å². The highest BCUT2D eigenvalue weighted by Gasteiger charge is 2.43. The highest BCUT2D eigenvalue weighted by Crippen LogP contribution is 2.39. The van der Waals surface area contributed by atoms with E-state index < -0.39 is 10.0 Å². The molecule has 3 rings (SSSR count). The molecule has 2 fully saturated rings. The third-order valence-corrected chi connectivity index (χ3v) is 6.62. The van der Waals surface area contributed by atoms with E-state index in [1.54, 1.807) is 15.2 Å². The van der Waals surface area contributed by atoms with Gasteiger partial charge in [-0.05, 0) is 45.2 Å². The molecule has 1 aromatic heterocycles. The Balaban J connectivity index is 1.82. The van der Waals surface area contributed by atoms with Crippen molar-refractivity contribution >= 4 is 10.0 Å². The van der Waals surface area contributed by atoms with Crippen LogP contribution in [0.1, 0.15) is 26.2 Å². The minimum absolute atomic E-state index is 0.154. The summed E-state index contributed by atoms with van der Waals surface area (Å²) in [5.41, 5.74) is 0.154. The van der Waals surface area contributed by atoms with E-state index in [-0.39, 0.29) is 5.41 Å². The number of aryl methyl sites for hydroxylation is 1. The summed E-state index contributed by atoms with van der Waals surface area (Å²) in [6.07, 6.45) is 6.30. The molecule has 3 heterocycles.